The maximum Gasteiger partial charge on any atom is 0.266 e. The highest BCUT2D eigenvalue weighted by Gasteiger charge is 2.72. The van der Waals surface area contributed by atoms with Crippen LogP contribution in [0.5, 0.6) is 0 Å². The molecule has 4 aromatic carbocycles. The Labute approximate surface area is 186 Å². The molecule has 4 aromatic rings. The van der Waals surface area contributed by atoms with E-state index in [9.17, 15) is 14.4 Å². The molecule has 0 amide bonds. The summed E-state index contributed by atoms with van der Waals surface area (Å²) in [5.41, 5.74) is -0.615. The number of ketones is 3. The Hall–Kier alpha value is -4.11. The van der Waals surface area contributed by atoms with Gasteiger partial charge in [0.15, 0.2) is 0 Å². The van der Waals surface area contributed by atoms with E-state index in [2.05, 4.69) is 0 Å². The van der Waals surface area contributed by atoms with Crippen LogP contribution in [0.4, 0.5) is 0 Å². The van der Waals surface area contributed by atoms with Crippen molar-refractivity contribution >= 4 is 17.3 Å². The molecule has 3 nitrogen and oxygen atoms in total. The summed E-state index contributed by atoms with van der Waals surface area (Å²) < 4.78 is 0. The maximum absolute atomic E-state index is 14.0. The second-order valence-electron chi connectivity index (χ2n) is 7.95. The molecular weight excluding hydrogens is 396 g/mol. The Morgan fingerprint density at radius 1 is 0.344 bits per heavy atom. The third-order valence-electron chi connectivity index (χ3n) is 6.48. The van der Waals surface area contributed by atoms with Crippen molar-refractivity contribution in [3.8, 4) is 0 Å². The quantitative estimate of drug-likeness (QED) is 0.454. The van der Waals surface area contributed by atoms with Crippen molar-refractivity contribution in [3.05, 3.63) is 144 Å². The normalized spacial score (nSPS) is 16.8. The molecule has 1 aliphatic rings. The van der Waals surface area contributed by atoms with Crippen LogP contribution in [0.2, 0.25) is 0 Å². The predicted molar refractivity (Wildman–Crippen MR) is 122 cm³/mol. The molecule has 1 saturated carbocycles. The minimum atomic E-state index is -1.54. The van der Waals surface area contributed by atoms with Crippen molar-refractivity contribution in [2.45, 2.75) is 10.8 Å². The Bertz CT molecular complexity index is 1110. The van der Waals surface area contributed by atoms with Gasteiger partial charge in [0.25, 0.3) is 5.78 Å². The molecule has 32 heavy (non-hydrogen) atoms. The van der Waals surface area contributed by atoms with E-state index in [1.165, 1.54) is 0 Å². The van der Waals surface area contributed by atoms with E-state index in [4.69, 9.17) is 0 Å². The van der Waals surface area contributed by atoms with Crippen LogP contribution in [0.1, 0.15) is 22.3 Å². The first-order valence-corrected chi connectivity index (χ1v) is 10.5. The molecule has 154 valence electrons. The number of rotatable bonds is 4. The number of carbonyl (C=O) groups is 3. The minimum Gasteiger partial charge on any atom is -0.289 e. The van der Waals surface area contributed by atoms with Crippen molar-refractivity contribution in [2.24, 2.45) is 0 Å². The highest BCUT2D eigenvalue weighted by Crippen LogP contribution is 2.57. The van der Waals surface area contributed by atoms with Crippen LogP contribution in [0.3, 0.4) is 0 Å². The third kappa shape index (κ3) is 2.45. The molecule has 0 saturated heterocycles. The number of benzene rings is 4. The van der Waals surface area contributed by atoms with Crippen LogP contribution >= 0.6 is 0 Å². The van der Waals surface area contributed by atoms with Gasteiger partial charge in [0.2, 0.25) is 11.6 Å². The molecule has 0 unspecified atom stereocenters. The molecule has 1 aliphatic carbocycles. The molecule has 1 fully saturated rings. The van der Waals surface area contributed by atoms with Crippen LogP contribution in [-0.2, 0) is 25.2 Å². The van der Waals surface area contributed by atoms with Crippen molar-refractivity contribution in [3.63, 3.8) is 0 Å². The molecule has 0 aliphatic heterocycles. The van der Waals surface area contributed by atoms with E-state index < -0.39 is 28.2 Å². The summed E-state index contributed by atoms with van der Waals surface area (Å²) in [5.74, 6) is -2.37. The Kier molecular flexibility index (Phi) is 4.67. The van der Waals surface area contributed by atoms with Gasteiger partial charge in [-0.3, -0.25) is 14.4 Å². The summed E-state index contributed by atoms with van der Waals surface area (Å²) in [4.78, 5) is 41.4. The van der Waals surface area contributed by atoms with E-state index in [1.54, 1.807) is 0 Å². The summed E-state index contributed by atoms with van der Waals surface area (Å²) in [6.07, 6.45) is 0. The van der Waals surface area contributed by atoms with Crippen molar-refractivity contribution in [1.82, 2.24) is 0 Å². The summed E-state index contributed by atoms with van der Waals surface area (Å²) in [6.45, 7) is 0. The fourth-order valence-electron chi connectivity index (χ4n) is 5.26. The summed E-state index contributed by atoms with van der Waals surface area (Å²) in [6, 6.07) is 36.8. The average Bonchev–Trinajstić information content (AvgIpc) is 3.05. The first kappa shape index (κ1) is 19.8. The summed E-state index contributed by atoms with van der Waals surface area (Å²) in [5, 5.41) is 0. The van der Waals surface area contributed by atoms with Gasteiger partial charge in [-0.2, -0.15) is 0 Å². The first-order chi connectivity index (χ1) is 15.6. The van der Waals surface area contributed by atoms with Crippen LogP contribution < -0.4 is 0 Å². The zero-order valence-electron chi connectivity index (χ0n) is 17.3. The van der Waals surface area contributed by atoms with Gasteiger partial charge in [-0.25, -0.2) is 0 Å². The van der Waals surface area contributed by atoms with Crippen molar-refractivity contribution in [2.75, 3.05) is 0 Å². The molecule has 0 N–H and O–H groups in total. The van der Waals surface area contributed by atoms with E-state index >= 15 is 0 Å². The van der Waals surface area contributed by atoms with E-state index in [0.717, 1.165) is 0 Å². The van der Waals surface area contributed by atoms with Gasteiger partial charge in [0, 0.05) is 0 Å². The van der Waals surface area contributed by atoms with Gasteiger partial charge in [-0.05, 0) is 22.3 Å². The lowest BCUT2D eigenvalue weighted by Gasteiger charge is -2.44. The number of hydrogen-bond donors (Lipinski definition) is 0. The summed E-state index contributed by atoms with van der Waals surface area (Å²) >= 11 is 0. The Morgan fingerprint density at radius 2 is 0.562 bits per heavy atom. The molecule has 0 aromatic heterocycles. The van der Waals surface area contributed by atoms with Crippen molar-refractivity contribution in [1.29, 1.82) is 0 Å². The standard InChI is InChI=1S/C29H20O3/c30-25-26(31)28(21-13-5-1-6-14-21,22-15-7-2-8-16-22)29(27(25)32,23-17-9-3-10-18-23)24-19-11-4-12-20-24/h1-20H. The fourth-order valence-corrected chi connectivity index (χ4v) is 5.26. The smallest absolute Gasteiger partial charge is 0.266 e. The number of carbonyl (C=O) groups excluding carboxylic acids is 3. The van der Waals surface area contributed by atoms with Crippen LogP contribution in [0.25, 0.3) is 0 Å². The SMILES string of the molecule is O=C1C(=O)C(c2ccccc2)(c2ccccc2)C(c2ccccc2)(c2ccccc2)C1=O. The van der Waals surface area contributed by atoms with Gasteiger partial charge >= 0.3 is 0 Å². The lowest BCUT2D eigenvalue weighted by Crippen LogP contribution is -2.53. The van der Waals surface area contributed by atoms with Crippen LogP contribution in [0.15, 0.2) is 121 Å². The molecule has 0 bridgehead atoms. The monoisotopic (exact) mass is 416 g/mol. The molecule has 3 heteroatoms. The first-order valence-electron chi connectivity index (χ1n) is 10.5. The molecule has 0 atom stereocenters. The number of Topliss-reactive ketones (excluding diaryl/α,β-unsaturated/α-hetero) is 3. The zero-order chi connectivity index (χ0) is 22.2. The van der Waals surface area contributed by atoms with Gasteiger partial charge in [0.1, 0.15) is 10.8 Å². The van der Waals surface area contributed by atoms with Crippen LogP contribution in [-0.4, -0.2) is 17.3 Å². The van der Waals surface area contributed by atoms with E-state index in [0.29, 0.717) is 22.3 Å². The second-order valence-corrected chi connectivity index (χ2v) is 7.95. The Balaban J connectivity index is 2.05. The lowest BCUT2D eigenvalue weighted by molar-refractivity contribution is -0.141. The summed E-state index contributed by atoms with van der Waals surface area (Å²) in [7, 11) is 0. The average molecular weight is 416 g/mol. The predicted octanol–water partition coefficient (Wildman–Crippen LogP) is 4.68. The fraction of sp³-hybridized carbons (Fsp3) is 0.0690. The second kappa shape index (κ2) is 7.54. The highest BCUT2D eigenvalue weighted by atomic mass is 16.2. The maximum atomic E-state index is 14.0. The van der Waals surface area contributed by atoms with Gasteiger partial charge in [0.05, 0.1) is 0 Å². The minimum absolute atomic E-state index is 0.614. The Morgan fingerprint density at radius 3 is 0.781 bits per heavy atom. The largest absolute Gasteiger partial charge is 0.289 e. The van der Waals surface area contributed by atoms with Gasteiger partial charge < -0.3 is 0 Å². The molecule has 0 heterocycles. The molecular formula is C29H20O3. The van der Waals surface area contributed by atoms with Gasteiger partial charge in [-0.1, -0.05) is 121 Å². The third-order valence-corrected chi connectivity index (χ3v) is 6.48. The van der Waals surface area contributed by atoms with E-state index in [1.807, 2.05) is 121 Å². The lowest BCUT2D eigenvalue weighted by atomic mass is 9.53. The topological polar surface area (TPSA) is 51.2 Å². The van der Waals surface area contributed by atoms with Crippen LogP contribution in [0, 0.1) is 0 Å². The highest BCUT2D eigenvalue weighted by molar-refractivity contribution is 6.72. The van der Waals surface area contributed by atoms with Crippen molar-refractivity contribution < 1.29 is 14.4 Å². The number of hydrogen-bond acceptors (Lipinski definition) is 3. The molecule has 0 spiro atoms. The zero-order valence-corrected chi connectivity index (χ0v) is 17.3. The molecule has 5 rings (SSSR count). The van der Waals surface area contributed by atoms with E-state index in [-0.39, 0.29) is 0 Å². The van der Waals surface area contributed by atoms with Gasteiger partial charge in [-0.15, -0.1) is 0 Å². The molecule has 0 radical (unpaired) electrons.